The fourth-order valence-electron chi connectivity index (χ4n) is 1.21. The Hall–Kier alpha value is -0.940. The van der Waals surface area contributed by atoms with Crippen molar-refractivity contribution in [3.63, 3.8) is 0 Å². The molecule has 0 radical (unpaired) electrons. The molecule has 0 saturated carbocycles. The monoisotopic (exact) mass is 286 g/mol. The number of thiazole rings is 1. The highest BCUT2D eigenvalue weighted by Crippen LogP contribution is 2.28. The first-order valence-electron chi connectivity index (χ1n) is 4.29. The summed E-state index contributed by atoms with van der Waals surface area (Å²) in [6, 6.07) is 4.83. The van der Waals surface area contributed by atoms with Crippen molar-refractivity contribution in [2.24, 2.45) is 0 Å². The molecule has 0 bridgehead atoms. The lowest BCUT2D eigenvalue weighted by atomic mass is 10.2. The van der Waals surface area contributed by atoms with Gasteiger partial charge < -0.3 is 5.32 Å². The molecule has 2 rings (SSSR count). The topological polar surface area (TPSA) is 24.9 Å². The second-order valence-electron chi connectivity index (χ2n) is 2.91. The van der Waals surface area contributed by atoms with Crippen LogP contribution < -0.4 is 5.32 Å². The van der Waals surface area contributed by atoms with Gasteiger partial charge in [-0.15, -0.1) is 11.3 Å². The average Bonchev–Trinajstić information content (AvgIpc) is 2.70. The van der Waals surface area contributed by atoms with Gasteiger partial charge in [0.2, 0.25) is 0 Å². The predicted molar refractivity (Wildman–Crippen MR) is 64.8 cm³/mol. The van der Waals surface area contributed by atoms with Crippen LogP contribution in [-0.2, 0) is 0 Å². The van der Waals surface area contributed by atoms with Crippen molar-refractivity contribution in [2.45, 2.75) is 0 Å². The van der Waals surface area contributed by atoms with E-state index in [4.69, 9.17) is 0 Å². The Balaban J connectivity index is 2.48. The molecule has 0 aliphatic rings. The van der Waals surface area contributed by atoms with Crippen molar-refractivity contribution in [2.75, 3.05) is 12.4 Å². The van der Waals surface area contributed by atoms with Crippen molar-refractivity contribution in [1.82, 2.24) is 4.98 Å². The third-order valence-electron chi connectivity index (χ3n) is 1.92. The van der Waals surface area contributed by atoms with Crippen LogP contribution in [0.1, 0.15) is 0 Å². The summed E-state index contributed by atoms with van der Waals surface area (Å²) in [6.07, 6.45) is 0. The number of aromatic nitrogens is 1. The van der Waals surface area contributed by atoms with Crippen LogP contribution in [-0.4, -0.2) is 12.0 Å². The Kier molecular flexibility index (Phi) is 3.02. The van der Waals surface area contributed by atoms with E-state index in [0.717, 1.165) is 9.60 Å². The van der Waals surface area contributed by atoms with E-state index in [0.29, 0.717) is 11.3 Å². The van der Waals surface area contributed by atoms with Crippen molar-refractivity contribution < 1.29 is 4.39 Å². The van der Waals surface area contributed by atoms with Crippen LogP contribution in [0.25, 0.3) is 11.3 Å². The van der Waals surface area contributed by atoms with Crippen LogP contribution in [0.3, 0.4) is 0 Å². The first kappa shape index (κ1) is 10.6. The van der Waals surface area contributed by atoms with Crippen molar-refractivity contribution in [3.8, 4) is 11.3 Å². The molecule has 15 heavy (non-hydrogen) atoms. The fraction of sp³-hybridized carbons (Fsp3) is 0.100. The maximum Gasteiger partial charge on any atom is 0.182 e. The van der Waals surface area contributed by atoms with Gasteiger partial charge in [0, 0.05) is 22.5 Å². The molecule has 2 nitrogen and oxygen atoms in total. The van der Waals surface area contributed by atoms with E-state index in [2.05, 4.69) is 26.2 Å². The number of hydrogen-bond acceptors (Lipinski definition) is 3. The van der Waals surface area contributed by atoms with E-state index in [-0.39, 0.29) is 5.82 Å². The quantitative estimate of drug-likeness (QED) is 0.909. The molecule has 2 aromatic rings. The lowest BCUT2D eigenvalue weighted by molar-refractivity contribution is 0.630. The van der Waals surface area contributed by atoms with Gasteiger partial charge in [-0.2, -0.15) is 0 Å². The molecule has 1 aromatic carbocycles. The molecule has 0 spiro atoms. The zero-order valence-electron chi connectivity index (χ0n) is 7.92. The van der Waals surface area contributed by atoms with E-state index in [9.17, 15) is 4.39 Å². The largest absolute Gasteiger partial charge is 0.365 e. The molecule has 0 atom stereocenters. The van der Waals surface area contributed by atoms with Crippen LogP contribution in [0.15, 0.2) is 28.1 Å². The van der Waals surface area contributed by atoms with Crippen LogP contribution in [0.2, 0.25) is 0 Å². The van der Waals surface area contributed by atoms with Gasteiger partial charge in [0.25, 0.3) is 0 Å². The zero-order valence-corrected chi connectivity index (χ0v) is 10.3. The molecule has 0 fully saturated rings. The molecule has 1 aromatic heterocycles. The molecule has 5 heteroatoms. The molecular formula is C10H8BrFN2S. The first-order valence-corrected chi connectivity index (χ1v) is 5.96. The van der Waals surface area contributed by atoms with Crippen LogP contribution in [0, 0.1) is 5.82 Å². The van der Waals surface area contributed by atoms with E-state index < -0.39 is 0 Å². The summed E-state index contributed by atoms with van der Waals surface area (Å²) in [7, 11) is 1.79. The van der Waals surface area contributed by atoms with Crippen molar-refractivity contribution in [3.05, 3.63) is 33.9 Å². The average molecular weight is 287 g/mol. The summed E-state index contributed by atoms with van der Waals surface area (Å²) < 4.78 is 14.3. The summed E-state index contributed by atoms with van der Waals surface area (Å²) in [5, 5.41) is 5.54. The molecule has 1 N–H and O–H groups in total. The Morgan fingerprint density at radius 1 is 1.47 bits per heavy atom. The highest BCUT2D eigenvalue weighted by molar-refractivity contribution is 9.10. The Bertz CT molecular complexity index is 484. The lowest BCUT2D eigenvalue weighted by Crippen LogP contribution is -1.88. The fourth-order valence-corrected chi connectivity index (χ4v) is 2.24. The molecule has 0 amide bonds. The molecule has 0 saturated heterocycles. The molecule has 0 aliphatic heterocycles. The van der Waals surface area contributed by atoms with Gasteiger partial charge in [0.1, 0.15) is 5.82 Å². The standard InChI is InChI=1S/C10H8BrFN2S/c1-13-10-14-9(5-15-10)7-4-6(11)2-3-8(7)12/h2-5H,1H3,(H,13,14). The van der Waals surface area contributed by atoms with Gasteiger partial charge in [-0.1, -0.05) is 15.9 Å². The Labute approximate surface area is 99.3 Å². The number of halogens is 2. The number of nitrogens with zero attached hydrogens (tertiary/aromatic N) is 1. The van der Waals surface area contributed by atoms with Crippen LogP contribution in [0.4, 0.5) is 9.52 Å². The van der Waals surface area contributed by atoms with Gasteiger partial charge in [-0.3, -0.25) is 0 Å². The maximum atomic E-state index is 13.5. The smallest absolute Gasteiger partial charge is 0.182 e. The van der Waals surface area contributed by atoms with Crippen LogP contribution >= 0.6 is 27.3 Å². The number of anilines is 1. The maximum absolute atomic E-state index is 13.5. The van der Waals surface area contributed by atoms with E-state index in [1.165, 1.54) is 17.4 Å². The van der Waals surface area contributed by atoms with E-state index in [1.54, 1.807) is 19.2 Å². The van der Waals surface area contributed by atoms with Crippen LogP contribution in [0.5, 0.6) is 0 Å². The first-order chi connectivity index (χ1) is 7.20. The van der Waals surface area contributed by atoms with Gasteiger partial charge in [-0.25, -0.2) is 9.37 Å². The Morgan fingerprint density at radius 2 is 2.27 bits per heavy atom. The van der Waals surface area contributed by atoms with Crippen molar-refractivity contribution in [1.29, 1.82) is 0 Å². The molecule has 78 valence electrons. The summed E-state index contributed by atoms with van der Waals surface area (Å²) >= 11 is 4.77. The second kappa shape index (κ2) is 4.28. The Morgan fingerprint density at radius 3 is 2.93 bits per heavy atom. The molecule has 0 aliphatic carbocycles. The number of rotatable bonds is 2. The minimum Gasteiger partial charge on any atom is -0.365 e. The van der Waals surface area contributed by atoms with Crippen molar-refractivity contribution >= 4 is 32.4 Å². The highest BCUT2D eigenvalue weighted by Gasteiger charge is 2.09. The zero-order chi connectivity index (χ0) is 10.8. The third kappa shape index (κ3) is 2.18. The second-order valence-corrected chi connectivity index (χ2v) is 4.69. The highest BCUT2D eigenvalue weighted by atomic mass is 79.9. The van der Waals surface area contributed by atoms with Gasteiger partial charge in [0.15, 0.2) is 5.13 Å². The summed E-state index contributed by atoms with van der Waals surface area (Å²) in [6.45, 7) is 0. The molecule has 0 unspecified atom stereocenters. The van der Waals surface area contributed by atoms with Gasteiger partial charge >= 0.3 is 0 Å². The summed E-state index contributed by atoms with van der Waals surface area (Å²) in [5.41, 5.74) is 1.17. The third-order valence-corrected chi connectivity index (χ3v) is 3.28. The van der Waals surface area contributed by atoms with Gasteiger partial charge in [-0.05, 0) is 18.2 Å². The number of benzene rings is 1. The number of hydrogen-bond donors (Lipinski definition) is 1. The lowest BCUT2D eigenvalue weighted by Gasteiger charge is -1.99. The molecular weight excluding hydrogens is 279 g/mol. The van der Waals surface area contributed by atoms with E-state index >= 15 is 0 Å². The minimum absolute atomic E-state index is 0.258. The van der Waals surface area contributed by atoms with Gasteiger partial charge in [0.05, 0.1) is 5.69 Å². The summed E-state index contributed by atoms with van der Waals surface area (Å²) in [5.74, 6) is -0.258. The predicted octanol–water partition coefficient (Wildman–Crippen LogP) is 3.75. The normalized spacial score (nSPS) is 10.3. The molecule has 1 heterocycles. The number of nitrogens with one attached hydrogen (secondary N) is 1. The summed E-state index contributed by atoms with van der Waals surface area (Å²) in [4.78, 5) is 4.25. The SMILES string of the molecule is CNc1nc(-c2cc(Br)ccc2F)cs1. The van der Waals surface area contributed by atoms with E-state index in [1.807, 2.05) is 5.38 Å². The minimum atomic E-state index is -0.258.